The zero-order valence-electron chi connectivity index (χ0n) is 17.3. The molecule has 2 fully saturated rings. The van der Waals surface area contributed by atoms with Crippen molar-refractivity contribution in [1.82, 2.24) is 9.97 Å². The summed E-state index contributed by atoms with van der Waals surface area (Å²) < 4.78 is 12.1. The normalized spacial score (nSPS) is 29.3. The van der Waals surface area contributed by atoms with Gasteiger partial charge in [0.1, 0.15) is 14.1 Å². The first-order valence-electron chi connectivity index (χ1n) is 10.9. The molecule has 2 atom stereocenters. The molecule has 1 saturated carbocycles. The van der Waals surface area contributed by atoms with Crippen molar-refractivity contribution in [2.45, 2.75) is 52.4 Å². The van der Waals surface area contributed by atoms with Crippen LogP contribution in [0.2, 0.25) is 0 Å². The molecule has 3 heterocycles. The van der Waals surface area contributed by atoms with Crippen LogP contribution >= 0.6 is 22.6 Å². The standard InChI is InChI=1S/C22H26IN5O2S/c23-21(13-24)6-1-15(2-7-21)16-3-10-28(11-4-16)20-25-17-5-12-31(30)18(17)19(26-20)27-22(14-29)8-9-22/h1-2,6,16,29H,3-5,7-12,14H2,(H,25,26,27)/t21-,31?/m0/s1. The van der Waals surface area contributed by atoms with Gasteiger partial charge < -0.3 is 15.3 Å². The summed E-state index contributed by atoms with van der Waals surface area (Å²) in [6.07, 6.45) is 11.7. The fourth-order valence-electron chi connectivity index (χ4n) is 4.56. The van der Waals surface area contributed by atoms with Crippen molar-refractivity contribution in [1.29, 1.82) is 5.26 Å². The van der Waals surface area contributed by atoms with Gasteiger partial charge >= 0.3 is 0 Å². The number of anilines is 2. The Bertz CT molecular complexity index is 1020. The topological polar surface area (TPSA) is 102 Å². The number of piperidine rings is 1. The molecule has 4 aliphatic rings. The number of aliphatic hydroxyl groups is 1. The lowest BCUT2D eigenvalue weighted by molar-refractivity contribution is 0.265. The SMILES string of the molecule is N#C[C@]1(I)C=CC(C2CCN(c3nc4c(c(NC5(CO)CC5)n3)S(=O)CC4)CC2)=CC1. The zero-order chi connectivity index (χ0) is 21.6. The predicted molar refractivity (Wildman–Crippen MR) is 129 cm³/mol. The summed E-state index contributed by atoms with van der Waals surface area (Å²) in [5, 5.41) is 22.4. The van der Waals surface area contributed by atoms with E-state index in [-0.39, 0.29) is 12.1 Å². The fraction of sp³-hybridized carbons (Fsp3) is 0.591. The monoisotopic (exact) mass is 551 g/mol. The van der Waals surface area contributed by atoms with E-state index in [2.05, 4.69) is 51.0 Å². The van der Waals surface area contributed by atoms with E-state index in [1.54, 1.807) is 0 Å². The summed E-state index contributed by atoms with van der Waals surface area (Å²) >= 11 is 2.22. The third kappa shape index (κ3) is 4.14. The number of nitrogens with one attached hydrogen (secondary N) is 1. The number of alkyl halides is 1. The number of nitriles is 1. The average Bonchev–Trinajstić information content (AvgIpc) is 3.47. The molecule has 1 aromatic heterocycles. The number of aliphatic hydroxyl groups excluding tert-OH is 1. The van der Waals surface area contributed by atoms with E-state index in [9.17, 15) is 14.6 Å². The molecule has 31 heavy (non-hydrogen) atoms. The summed E-state index contributed by atoms with van der Waals surface area (Å²) in [4.78, 5) is 12.5. The van der Waals surface area contributed by atoms with Crippen molar-refractivity contribution >= 4 is 45.2 Å². The predicted octanol–water partition coefficient (Wildman–Crippen LogP) is 2.88. The van der Waals surface area contributed by atoms with Crippen molar-refractivity contribution in [3.63, 3.8) is 0 Å². The van der Waals surface area contributed by atoms with Crippen LogP contribution in [0.15, 0.2) is 28.7 Å². The fourth-order valence-corrected chi connectivity index (χ4v) is 6.27. The number of allylic oxidation sites excluding steroid dienone is 4. The van der Waals surface area contributed by atoms with Gasteiger partial charge in [0.15, 0.2) is 0 Å². The van der Waals surface area contributed by atoms with Crippen molar-refractivity contribution < 1.29 is 9.32 Å². The van der Waals surface area contributed by atoms with Gasteiger partial charge in [0.25, 0.3) is 0 Å². The molecule has 7 nitrogen and oxygen atoms in total. The van der Waals surface area contributed by atoms with Crippen molar-refractivity contribution in [3.8, 4) is 6.07 Å². The van der Waals surface area contributed by atoms with Gasteiger partial charge in [-0.2, -0.15) is 10.2 Å². The van der Waals surface area contributed by atoms with E-state index in [0.29, 0.717) is 29.9 Å². The minimum absolute atomic E-state index is 0.0616. The molecular weight excluding hydrogens is 525 g/mol. The Labute approximate surface area is 198 Å². The minimum Gasteiger partial charge on any atom is -0.394 e. The Morgan fingerprint density at radius 3 is 2.74 bits per heavy atom. The van der Waals surface area contributed by atoms with Crippen LogP contribution in [0.5, 0.6) is 0 Å². The Morgan fingerprint density at radius 2 is 2.13 bits per heavy atom. The summed E-state index contributed by atoms with van der Waals surface area (Å²) in [5.41, 5.74) is 1.92. The number of aryl methyl sites for hydroxylation is 1. The van der Waals surface area contributed by atoms with E-state index in [0.717, 1.165) is 55.8 Å². The van der Waals surface area contributed by atoms with E-state index >= 15 is 0 Å². The number of fused-ring (bicyclic) bond motifs is 1. The lowest BCUT2D eigenvalue weighted by Crippen LogP contribution is -2.36. The van der Waals surface area contributed by atoms with Crippen LogP contribution in [0.4, 0.5) is 11.8 Å². The highest BCUT2D eigenvalue weighted by Crippen LogP contribution is 2.41. The molecule has 1 unspecified atom stereocenters. The second-order valence-electron chi connectivity index (χ2n) is 8.99. The van der Waals surface area contributed by atoms with Gasteiger partial charge in [0.05, 0.1) is 34.7 Å². The molecule has 1 saturated heterocycles. The number of hydrogen-bond acceptors (Lipinski definition) is 7. The van der Waals surface area contributed by atoms with E-state index in [4.69, 9.17) is 9.97 Å². The van der Waals surface area contributed by atoms with E-state index in [1.807, 2.05) is 6.08 Å². The smallest absolute Gasteiger partial charge is 0.227 e. The lowest BCUT2D eigenvalue weighted by Gasteiger charge is -2.34. The molecule has 0 radical (unpaired) electrons. The van der Waals surface area contributed by atoms with Gasteiger partial charge in [0, 0.05) is 25.3 Å². The third-order valence-corrected chi connectivity index (χ3v) is 9.33. The number of halogens is 1. The van der Waals surface area contributed by atoms with Gasteiger partial charge in [-0.1, -0.05) is 40.8 Å². The maximum absolute atomic E-state index is 12.5. The molecule has 5 rings (SSSR count). The van der Waals surface area contributed by atoms with Crippen LogP contribution in [0.3, 0.4) is 0 Å². The molecule has 0 bridgehead atoms. The van der Waals surface area contributed by atoms with Crippen LogP contribution in [0.1, 0.15) is 37.8 Å². The highest BCUT2D eigenvalue weighted by Gasteiger charge is 2.44. The van der Waals surface area contributed by atoms with Crippen molar-refractivity contribution in [3.05, 3.63) is 29.5 Å². The maximum atomic E-state index is 12.5. The Balaban J connectivity index is 1.31. The zero-order valence-corrected chi connectivity index (χ0v) is 20.3. The van der Waals surface area contributed by atoms with Crippen LogP contribution in [0.25, 0.3) is 0 Å². The van der Waals surface area contributed by atoms with E-state index in [1.165, 1.54) is 5.57 Å². The number of rotatable bonds is 5. The molecular formula is C22H26IN5O2S. The summed E-state index contributed by atoms with van der Waals surface area (Å²) in [7, 11) is -1.07. The first-order chi connectivity index (χ1) is 14.9. The van der Waals surface area contributed by atoms with Crippen LogP contribution in [-0.2, 0) is 17.2 Å². The molecule has 164 valence electrons. The summed E-state index contributed by atoms with van der Waals surface area (Å²) in [6, 6.07) is 2.37. The molecule has 1 aromatic rings. The highest BCUT2D eigenvalue weighted by molar-refractivity contribution is 14.1. The third-order valence-electron chi connectivity index (χ3n) is 6.83. The minimum atomic E-state index is -1.07. The Hall–Kier alpha value is -1.51. The quantitative estimate of drug-likeness (QED) is 0.429. The molecule has 9 heteroatoms. The first-order valence-corrected chi connectivity index (χ1v) is 13.3. The maximum Gasteiger partial charge on any atom is 0.227 e. The molecule has 2 aliphatic heterocycles. The first kappa shape index (κ1) is 21.3. The van der Waals surface area contributed by atoms with Crippen LogP contribution in [-0.4, -0.2) is 53.7 Å². The van der Waals surface area contributed by atoms with Crippen LogP contribution in [0, 0.1) is 17.2 Å². The molecule has 0 aromatic carbocycles. The second kappa shape index (κ2) is 8.12. The Kier molecular flexibility index (Phi) is 5.59. The van der Waals surface area contributed by atoms with Gasteiger partial charge in [-0.3, -0.25) is 4.21 Å². The number of hydrogen-bond donors (Lipinski definition) is 2. The summed E-state index contributed by atoms with van der Waals surface area (Å²) in [5.74, 6) is 2.45. The molecule has 0 spiro atoms. The van der Waals surface area contributed by atoms with Crippen LogP contribution < -0.4 is 10.2 Å². The van der Waals surface area contributed by atoms with Gasteiger partial charge in [-0.25, -0.2) is 4.98 Å². The van der Waals surface area contributed by atoms with Crippen molar-refractivity contribution in [2.75, 3.05) is 35.7 Å². The largest absolute Gasteiger partial charge is 0.394 e. The van der Waals surface area contributed by atoms with Crippen molar-refractivity contribution in [2.24, 2.45) is 5.92 Å². The van der Waals surface area contributed by atoms with Gasteiger partial charge in [0.2, 0.25) is 5.95 Å². The Morgan fingerprint density at radius 1 is 1.35 bits per heavy atom. The van der Waals surface area contributed by atoms with Gasteiger partial charge in [-0.05, 0) is 43.6 Å². The van der Waals surface area contributed by atoms with Gasteiger partial charge in [-0.15, -0.1) is 0 Å². The van der Waals surface area contributed by atoms with E-state index < -0.39 is 14.2 Å². The lowest BCUT2D eigenvalue weighted by atomic mass is 9.84. The molecule has 2 N–H and O–H groups in total. The number of nitrogens with zero attached hydrogens (tertiary/aromatic N) is 4. The highest BCUT2D eigenvalue weighted by atomic mass is 127. The molecule has 0 amide bonds. The average molecular weight is 551 g/mol. The number of aromatic nitrogens is 2. The summed E-state index contributed by atoms with van der Waals surface area (Å²) in [6.45, 7) is 1.80. The second-order valence-corrected chi connectivity index (χ2v) is 12.4. The molecule has 2 aliphatic carbocycles.